The third-order valence-electron chi connectivity index (χ3n) is 4.85. The van der Waals surface area contributed by atoms with E-state index in [2.05, 4.69) is 10.2 Å². The maximum atomic E-state index is 12.5. The summed E-state index contributed by atoms with van der Waals surface area (Å²) >= 11 is 0. The normalized spacial score (nSPS) is 14.1. The molecule has 1 saturated heterocycles. The van der Waals surface area contributed by atoms with Crippen molar-refractivity contribution in [2.75, 3.05) is 36.5 Å². The summed E-state index contributed by atoms with van der Waals surface area (Å²) in [5.74, 6) is 1.63. The predicted molar refractivity (Wildman–Crippen MR) is 111 cm³/mol. The molecule has 4 rings (SSSR count). The van der Waals surface area contributed by atoms with E-state index in [4.69, 9.17) is 9.15 Å². The number of carbonyl (C=O) groups excluding carboxylic acids is 1. The average Bonchev–Trinajstić information content (AvgIpc) is 3.23. The van der Waals surface area contributed by atoms with Crippen LogP contribution in [0.5, 0.6) is 0 Å². The molecule has 0 bridgehead atoms. The van der Waals surface area contributed by atoms with Crippen molar-refractivity contribution >= 4 is 17.3 Å². The standard InChI is InChI=1S/C23H24N2O3/c26-23(13-11-19-10-12-22(28-19)18-6-2-1-3-7-18)24-20-8-4-5-9-21(20)25-14-16-27-17-15-25/h1-10,12H,11,13-17H2,(H,24,26). The topological polar surface area (TPSA) is 54.7 Å². The SMILES string of the molecule is O=C(CCc1ccc(-c2ccccc2)o1)Nc1ccccc1N1CCOCC1. The smallest absolute Gasteiger partial charge is 0.224 e. The summed E-state index contributed by atoms with van der Waals surface area (Å²) in [6.45, 7) is 3.10. The van der Waals surface area contributed by atoms with E-state index < -0.39 is 0 Å². The van der Waals surface area contributed by atoms with Crippen LogP contribution in [0.4, 0.5) is 11.4 Å². The van der Waals surface area contributed by atoms with Gasteiger partial charge in [0.2, 0.25) is 5.91 Å². The van der Waals surface area contributed by atoms with Crippen LogP contribution in [-0.4, -0.2) is 32.2 Å². The zero-order valence-corrected chi connectivity index (χ0v) is 15.8. The molecule has 0 saturated carbocycles. The molecule has 0 atom stereocenters. The van der Waals surface area contributed by atoms with Crippen LogP contribution in [0.1, 0.15) is 12.2 Å². The molecule has 2 heterocycles. The summed E-state index contributed by atoms with van der Waals surface area (Å²) in [5, 5.41) is 3.05. The molecule has 1 amide bonds. The number of carbonyl (C=O) groups is 1. The molecule has 1 aliphatic heterocycles. The van der Waals surface area contributed by atoms with E-state index in [-0.39, 0.29) is 5.91 Å². The highest BCUT2D eigenvalue weighted by Gasteiger charge is 2.16. The van der Waals surface area contributed by atoms with E-state index in [0.717, 1.165) is 41.5 Å². The Morgan fingerprint density at radius 1 is 0.929 bits per heavy atom. The molecule has 1 fully saturated rings. The van der Waals surface area contributed by atoms with E-state index in [1.54, 1.807) is 0 Å². The van der Waals surface area contributed by atoms with Crippen LogP contribution in [0.25, 0.3) is 11.3 Å². The molecule has 2 aromatic carbocycles. The van der Waals surface area contributed by atoms with Gasteiger partial charge < -0.3 is 19.4 Å². The Balaban J connectivity index is 1.36. The van der Waals surface area contributed by atoms with Gasteiger partial charge in [-0.2, -0.15) is 0 Å². The number of ether oxygens (including phenoxy) is 1. The summed E-state index contributed by atoms with van der Waals surface area (Å²) in [6, 6.07) is 21.8. The van der Waals surface area contributed by atoms with Gasteiger partial charge >= 0.3 is 0 Å². The average molecular weight is 376 g/mol. The van der Waals surface area contributed by atoms with E-state index in [1.165, 1.54) is 0 Å². The lowest BCUT2D eigenvalue weighted by Gasteiger charge is -2.30. The van der Waals surface area contributed by atoms with Gasteiger partial charge in [-0.05, 0) is 24.3 Å². The molecule has 0 unspecified atom stereocenters. The van der Waals surface area contributed by atoms with Gasteiger partial charge in [0, 0.05) is 31.5 Å². The number of aryl methyl sites for hydroxylation is 1. The van der Waals surface area contributed by atoms with Crippen molar-refractivity contribution in [3.8, 4) is 11.3 Å². The highest BCUT2D eigenvalue weighted by atomic mass is 16.5. The maximum absolute atomic E-state index is 12.5. The van der Waals surface area contributed by atoms with Crippen LogP contribution in [-0.2, 0) is 16.0 Å². The van der Waals surface area contributed by atoms with Gasteiger partial charge in [0.15, 0.2) is 0 Å². The second-order valence-electron chi connectivity index (χ2n) is 6.80. The van der Waals surface area contributed by atoms with Gasteiger partial charge in [0.1, 0.15) is 11.5 Å². The van der Waals surface area contributed by atoms with Crippen molar-refractivity contribution in [3.63, 3.8) is 0 Å². The molecule has 28 heavy (non-hydrogen) atoms. The summed E-state index contributed by atoms with van der Waals surface area (Å²) in [7, 11) is 0. The molecule has 3 aromatic rings. The van der Waals surface area contributed by atoms with Crippen LogP contribution in [0, 0.1) is 0 Å². The summed E-state index contributed by atoms with van der Waals surface area (Å²) in [6.07, 6.45) is 0.942. The number of rotatable bonds is 6. The number of hydrogen-bond acceptors (Lipinski definition) is 4. The second kappa shape index (κ2) is 8.76. The molecule has 5 nitrogen and oxygen atoms in total. The Kier molecular flexibility index (Phi) is 5.73. The lowest BCUT2D eigenvalue weighted by molar-refractivity contribution is -0.116. The highest BCUT2D eigenvalue weighted by molar-refractivity contribution is 5.94. The largest absolute Gasteiger partial charge is 0.461 e. The number of nitrogens with one attached hydrogen (secondary N) is 1. The van der Waals surface area contributed by atoms with Crippen molar-refractivity contribution in [1.82, 2.24) is 0 Å². The quantitative estimate of drug-likeness (QED) is 0.695. The Morgan fingerprint density at radius 3 is 2.50 bits per heavy atom. The van der Waals surface area contributed by atoms with E-state index in [0.29, 0.717) is 26.1 Å². The molecule has 1 N–H and O–H groups in total. The summed E-state index contributed by atoms with van der Waals surface area (Å²) in [4.78, 5) is 14.7. The van der Waals surface area contributed by atoms with Crippen molar-refractivity contribution in [3.05, 3.63) is 72.5 Å². The molecular weight excluding hydrogens is 352 g/mol. The van der Waals surface area contributed by atoms with E-state index in [9.17, 15) is 4.79 Å². The molecule has 144 valence electrons. The first-order valence-corrected chi connectivity index (χ1v) is 9.65. The van der Waals surface area contributed by atoms with Gasteiger partial charge in [-0.25, -0.2) is 0 Å². The van der Waals surface area contributed by atoms with Gasteiger partial charge in [-0.15, -0.1) is 0 Å². The van der Waals surface area contributed by atoms with Crippen molar-refractivity contribution in [1.29, 1.82) is 0 Å². The van der Waals surface area contributed by atoms with Crippen molar-refractivity contribution in [2.24, 2.45) is 0 Å². The number of benzene rings is 2. The molecular formula is C23H24N2O3. The number of nitrogens with zero attached hydrogens (tertiary/aromatic N) is 1. The first-order valence-electron chi connectivity index (χ1n) is 9.65. The Morgan fingerprint density at radius 2 is 1.68 bits per heavy atom. The molecule has 0 aliphatic carbocycles. The molecule has 0 radical (unpaired) electrons. The fourth-order valence-corrected chi connectivity index (χ4v) is 3.38. The first kappa shape index (κ1) is 18.3. The Bertz CT molecular complexity index is 914. The monoisotopic (exact) mass is 376 g/mol. The number of para-hydroxylation sites is 2. The van der Waals surface area contributed by atoms with Crippen LogP contribution < -0.4 is 10.2 Å². The highest BCUT2D eigenvalue weighted by Crippen LogP contribution is 2.27. The maximum Gasteiger partial charge on any atom is 0.224 e. The van der Waals surface area contributed by atoms with Crippen molar-refractivity contribution in [2.45, 2.75) is 12.8 Å². The van der Waals surface area contributed by atoms with Gasteiger partial charge in [0.05, 0.1) is 24.6 Å². The summed E-state index contributed by atoms with van der Waals surface area (Å²) < 4.78 is 11.3. The third kappa shape index (κ3) is 4.43. The second-order valence-corrected chi connectivity index (χ2v) is 6.80. The Hall–Kier alpha value is -3.05. The minimum atomic E-state index is -0.0154. The third-order valence-corrected chi connectivity index (χ3v) is 4.85. The van der Waals surface area contributed by atoms with Crippen LogP contribution in [0.2, 0.25) is 0 Å². The zero-order chi connectivity index (χ0) is 19.2. The fourth-order valence-electron chi connectivity index (χ4n) is 3.38. The molecule has 1 aliphatic rings. The number of morpholine rings is 1. The minimum absolute atomic E-state index is 0.0154. The number of hydrogen-bond donors (Lipinski definition) is 1. The van der Waals surface area contributed by atoms with Gasteiger partial charge in [-0.3, -0.25) is 4.79 Å². The number of amides is 1. The van der Waals surface area contributed by atoms with Crippen LogP contribution in [0.15, 0.2) is 71.1 Å². The number of anilines is 2. The van der Waals surface area contributed by atoms with Crippen molar-refractivity contribution < 1.29 is 13.9 Å². The fraction of sp³-hybridized carbons (Fsp3) is 0.261. The lowest BCUT2D eigenvalue weighted by atomic mass is 10.2. The first-order chi connectivity index (χ1) is 13.8. The Labute approximate surface area is 164 Å². The number of furan rings is 1. The van der Waals surface area contributed by atoms with Gasteiger partial charge in [-0.1, -0.05) is 42.5 Å². The molecule has 0 spiro atoms. The zero-order valence-electron chi connectivity index (χ0n) is 15.8. The summed E-state index contributed by atoms with van der Waals surface area (Å²) in [5.41, 5.74) is 2.93. The minimum Gasteiger partial charge on any atom is -0.461 e. The van der Waals surface area contributed by atoms with E-state index >= 15 is 0 Å². The molecule has 5 heteroatoms. The van der Waals surface area contributed by atoms with Gasteiger partial charge in [0.25, 0.3) is 0 Å². The predicted octanol–water partition coefficient (Wildman–Crippen LogP) is 4.35. The molecule has 1 aromatic heterocycles. The van der Waals surface area contributed by atoms with Crippen LogP contribution >= 0.6 is 0 Å². The van der Waals surface area contributed by atoms with Crippen LogP contribution in [0.3, 0.4) is 0 Å². The van der Waals surface area contributed by atoms with E-state index in [1.807, 2.05) is 66.7 Å². The lowest BCUT2D eigenvalue weighted by Crippen LogP contribution is -2.36.